The van der Waals surface area contributed by atoms with Gasteiger partial charge in [-0.3, -0.25) is 9.36 Å². The third-order valence-corrected chi connectivity index (χ3v) is 5.32. The van der Waals surface area contributed by atoms with Gasteiger partial charge < -0.3 is 10.3 Å². The van der Waals surface area contributed by atoms with Crippen LogP contribution in [0.3, 0.4) is 0 Å². The van der Waals surface area contributed by atoms with Crippen LogP contribution in [0.25, 0.3) is 27.8 Å². The van der Waals surface area contributed by atoms with Gasteiger partial charge in [0.25, 0.3) is 5.56 Å². The number of imidazole rings is 1. The van der Waals surface area contributed by atoms with Gasteiger partial charge in [0, 0.05) is 0 Å². The van der Waals surface area contributed by atoms with Gasteiger partial charge in [-0.05, 0) is 37.6 Å². The van der Waals surface area contributed by atoms with E-state index in [1.54, 1.807) is 37.5 Å². The molecule has 9 heteroatoms. The Balaban J connectivity index is 1.74. The number of hydrogen-bond acceptors (Lipinski definition) is 6. The number of para-hydroxylation sites is 1. The van der Waals surface area contributed by atoms with Crippen molar-refractivity contribution < 1.29 is 4.39 Å². The molecule has 0 spiro atoms. The van der Waals surface area contributed by atoms with E-state index in [4.69, 9.17) is 4.98 Å². The van der Waals surface area contributed by atoms with Gasteiger partial charge in [0.2, 0.25) is 0 Å². The predicted molar refractivity (Wildman–Crippen MR) is 120 cm³/mol. The summed E-state index contributed by atoms with van der Waals surface area (Å²) in [6, 6.07) is 13.2. The van der Waals surface area contributed by atoms with Crippen LogP contribution in [-0.4, -0.2) is 29.5 Å². The summed E-state index contributed by atoms with van der Waals surface area (Å²) in [6.07, 6.45) is 2.15. The quantitative estimate of drug-likeness (QED) is 0.437. The summed E-state index contributed by atoms with van der Waals surface area (Å²) in [6.45, 7) is 3.77. The molecule has 0 aliphatic heterocycles. The minimum absolute atomic E-state index is 0.0382. The Hall–Kier alpha value is -4.14. The molecule has 3 aromatic heterocycles. The van der Waals surface area contributed by atoms with Gasteiger partial charge in [-0.1, -0.05) is 31.2 Å². The minimum Gasteiger partial charge on any atom is -0.358 e. The number of fused-ring (bicyclic) bond motifs is 2. The number of benzene rings is 2. The highest BCUT2D eigenvalue weighted by atomic mass is 19.1. The lowest BCUT2D eigenvalue weighted by atomic mass is 10.1. The molecule has 3 heterocycles. The molecule has 0 saturated carbocycles. The molecule has 0 bridgehead atoms. The van der Waals surface area contributed by atoms with E-state index in [1.807, 2.05) is 25.1 Å². The van der Waals surface area contributed by atoms with Gasteiger partial charge in [-0.2, -0.15) is 0 Å². The number of nitrogens with zero attached hydrogens (tertiary/aromatic N) is 5. The molecular formula is C23H20FN7O. The molecular weight excluding hydrogens is 409 g/mol. The number of aromatic nitrogens is 6. The van der Waals surface area contributed by atoms with E-state index in [9.17, 15) is 9.18 Å². The van der Waals surface area contributed by atoms with Crippen LogP contribution in [0, 0.1) is 12.7 Å². The zero-order chi connectivity index (χ0) is 22.2. The van der Waals surface area contributed by atoms with Crippen LogP contribution in [0.15, 0.2) is 59.7 Å². The molecule has 5 aromatic rings. The molecule has 1 atom stereocenters. The number of anilines is 1. The molecule has 5 rings (SSSR count). The number of nitrogens with one attached hydrogen (secondary N) is 2. The summed E-state index contributed by atoms with van der Waals surface area (Å²) in [5.74, 6) is 0.995. The Morgan fingerprint density at radius 2 is 1.91 bits per heavy atom. The average molecular weight is 429 g/mol. The summed E-state index contributed by atoms with van der Waals surface area (Å²) in [5, 5.41) is 3.36. The topological polar surface area (TPSA) is 101 Å². The molecule has 160 valence electrons. The van der Waals surface area contributed by atoms with Crippen molar-refractivity contribution in [2.24, 2.45) is 0 Å². The maximum Gasteiger partial charge on any atom is 0.269 e. The average Bonchev–Trinajstić information content (AvgIpc) is 3.26. The summed E-state index contributed by atoms with van der Waals surface area (Å²) in [7, 11) is 0. The fraction of sp³-hybridized carbons (Fsp3) is 0.174. The molecule has 0 radical (unpaired) electrons. The van der Waals surface area contributed by atoms with E-state index in [2.05, 4.69) is 25.3 Å². The van der Waals surface area contributed by atoms with E-state index in [0.29, 0.717) is 46.3 Å². The lowest BCUT2D eigenvalue weighted by Crippen LogP contribution is -2.28. The Morgan fingerprint density at radius 3 is 2.69 bits per heavy atom. The molecule has 0 unspecified atom stereocenters. The predicted octanol–water partition coefficient (Wildman–Crippen LogP) is 4.06. The van der Waals surface area contributed by atoms with E-state index in [1.165, 1.54) is 10.6 Å². The Kier molecular flexibility index (Phi) is 4.85. The molecule has 2 N–H and O–H groups in total. The highest BCUT2D eigenvalue weighted by Crippen LogP contribution is 2.26. The smallest absolute Gasteiger partial charge is 0.269 e. The van der Waals surface area contributed by atoms with Crippen molar-refractivity contribution in [3.05, 3.63) is 82.7 Å². The van der Waals surface area contributed by atoms with Crippen LogP contribution < -0.4 is 10.9 Å². The zero-order valence-corrected chi connectivity index (χ0v) is 17.5. The molecule has 8 nitrogen and oxygen atoms in total. The van der Waals surface area contributed by atoms with E-state index >= 15 is 0 Å². The molecule has 0 fully saturated rings. The van der Waals surface area contributed by atoms with Crippen LogP contribution in [0.2, 0.25) is 0 Å². The lowest BCUT2D eigenvalue weighted by molar-refractivity contribution is 0.630. The van der Waals surface area contributed by atoms with E-state index in [-0.39, 0.29) is 5.39 Å². The molecule has 0 aliphatic carbocycles. The third kappa shape index (κ3) is 3.27. The van der Waals surface area contributed by atoms with Crippen LogP contribution in [0.4, 0.5) is 10.2 Å². The second-order valence-corrected chi connectivity index (χ2v) is 7.41. The summed E-state index contributed by atoms with van der Waals surface area (Å²) in [4.78, 5) is 34.3. The highest BCUT2D eigenvalue weighted by Gasteiger charge is 2.23. The first-order valence-corrected chi connectivity index (χ1v) is 10.3. The summed E-state index contributed by atoms with van der Waals surface area (Å²) in [5.41, 5.74) is 1.66. The first kappa shape index (κ1) is 19.8. The number of H-pyrrole nitrogens is 1. The van der Waals surface area contributed by atoms with Gasteiger partial charge in [0.15, 0.2) is 11.5 Å². The van der Waals surface area contributed by atoms with Crippen LogP contribution in [-0.2, 0) is 0 Å². The normalized spacial score (nSPS) is 12.3. The van der Waals surface area contributed by atoms with Crippen LogP contribution >= 0.6 is 0 Å². The van der Waals surface area contributed by atoms with Crippen molar-refractivity contribution in [2.75, 3.05) is 5.32 Å². The van der Waals surface area contributed by atoms with Gasteiger partial charge in [0.05, 0.1) is 23.6 Å². The van der Waals surface area contributed by atoms with Gasteiger partial charge in [-0.15, -0.1) is 0 Å². The number of aryl methyl sites for hydroxylation is 1. The number of aromatic amines is 1. The molecule has 0 amide bonds. The van der Waals surface area contributed by atoms with E-state index < -0.39 is 17.4 Å². The monoisotopic (exact) mass is 429 g/mol. The summed E-state index contributed by atoms with van der Waals surface area (Å²) >= 11 is 0. The van der Waals surface area contributed by atoms with Gasteiger partial charge in [-0.25, -0.2) is 24.3 Å². The lowest BCUT2D eigenvalue weighted by Gasteiger charge is -2.22. The van der Waals surface area contributed by atoms with E-state index in [0.717, 1.165) is 0 Å². The van der Waals surface area contributed by atoms with Crippen molar-refractivity contribution in [1.82, 2.24) is 29.5 Å². The third-order valence-electron chi connectivity index (χ3n) is 5.32. The number of hydrogen-bond donors (Lipinski definition) is 2. The maximum absolute atomic E-state index is 14.6. The Labute approximate surface area is 182 Å². The second-order valence-electron chi connectivity index (χ2n) is 7.41. The van der Waals surface area contributed by atoms with Crippen LogP contribution in [0.5, 0.6) is 0 Å². The second kappa shape index (κ2) is 7.84. The van der Waals surface area contributed by atoms with Crippen LogP contribution in [0.1, 0.15) is 31.0 Å². The highest BCUT2D eigenvalue weighted by molar-refractivity contribution is 5.83. The van der Waals surface area contributed by atoms with Gasteiger partial charge in [0.1, 0.15) is 28.4 Å². The number of rotatable bonds is 5. The Morgan fingerprint density at radius 1 is 1.09 bits per heavy atom. The maximum atomic E-state index is 14.6. The first-order chi connectivity index (χ1) is 15.6. The number of halogens is 1. The molecule has 0 saturated heterocycles. The largest absolute Gasteiger partial charge is 0.358 e. The molecule has 32 heavy (non-hydrogen) atoms. The molecule has 2 aromatic carbocycles. The summed E-state index contributed by atoms with van der Waals surface area (Å²) < 4.78 is 16.1. The van der Waals surface area contributed by atoms with Crippen molar-refractivity contribution in [3.63, 3.8) is 0 Å². The van der Waals surface area contributed by atoms with Crippen molar-refractivity contribution in [2.45, 2.75) is 26.3 Å². The fourth-order valence-corrected chi connectivity index (χ4v) is 3.83. The van der Waals surface area contributed by atoms with Crippen molar-refractivity contribution in [1.29, 1.82) is 0 Å². The SMILES string of the molecule is CC[C@H](Nc1nc(C)nc2nc[nH]c12)c1nc2cccc(F)c2c(=O)n1-c1ccccc1. The fourth-order valence-electron chi connectivity index (χ4n) is 3.83. The minimum atomic E-state index is -0.595. The molecule has 0 aliphatic rings. The van der Waals surface area contributed by atoms with Crippen molar-refractivity contribution in [3.8, 4) is 5.69 Å². The Bertz CT molecular complexity index is 1490. The van der Waals surface area contributed by atoms with Gasteiger partial charge >= 0.3 is 0 Å². The standard InChI is InChI=1S/C23H20FN7O/c1-3-16(29-21-19-20(26-12-25-19)27-13(2)28-21)22-30-17-11-7-10-15(24)18(17)23(32)31(22)14-8-5-4-6-9-14/h4-12,16H,3H2,1-2H3,(H2,25,26,27,28,29)/t16-/m0/s1. The zero-order valence-electron chi connectivity index (χ0n) is 17.5. The van der Waals surface area contributed by atoms with Crippen molar-refractivity contribution >= 4 is 27.9 Å². The first-order valence-electron chi connectivity index (χ1n) is 10.3.